The molecule has 0 saturated heterocycles. The van der Waals surface area contributed by atoms with Crippen LogP contribution in [-0.4, -0.2) is 30.5 Å². The number of carbonyl (C=O) groups is 2. The maximum absolute atomic E-state index is 13.0. The minimum absolute atomic E-state index is 0.00462. The van der Waals surface area contributed by atoms with E-state index in [0.29, 0.717) is 21.7 Å². The van der Waals surface area contributed by atoms with Gasteiger partial charge in [0.15, 0.2) is 10.9 Å². The summed E-state index contributed by atoms with van der Waals surface area (Å²) in [7, 11) is 0. The predicted octanol–water partition coefficient (Wildman–Crippen LogP) is 4.83. The van der Waals surface area contributed by atoms with Gasteiger partial charge in [-0.05, 0) is 60.7 Å². The second-order valence-electron chi connectivity index (χ2n) is 7.96. The van der Waals surface area contributed by atoms with Crippen LogP contribution in [0.3, 0.4) is 0 Å². The maximum Gasteiger partial charge on any atom is 0.325 e. The summed E-state index contributed by atoms with van der Waals surface area (Å²) in [6, 6.07) is 8.07. The molecule has 33 heavy (non-hydrogen) atoms. The standard InChI is InChI=1S/C23H24N4O4S2/c1-14-6-7-18(17(12-14)20(28)15-4-2-3-5-15)26-22(29)27-23-25-13-19(32-23)21(33(30)31)16-8-10-24-11-9-16/h6-13,15,21H,2-5H2,1H3,(H,30,31)(H2,25,26,27,29)/p-1. The van der Waals surface area contributed by atoms with E-state index in [1.54, 1.807) is 24.3 Å². The van der Waals surface area contributed by atoms with Crippen molar-refractivity contribution < 1.29 is 18.4 Å². The van der Waals surface area contributed by atoms with Crippen LogP contribution in [0.5, 0.6) is 0 Å². The molecule has 1 aliphatic carbocycles. The van der Waals surface area contributed by atoms with Crippen LogP contribution in [0.2, 0.25) is 0 Å². The molecule has 0 spiro atoms. The third-order valence-electron chi connectivity index (χ3n) is 5.62. The van der Waals surface area contributed by atoms with Crippen LogP contribution in [0.25, 0.3) is 0 Å². The first kappa shape index (κ1) is 23.2. The molecule has 8 nitrogen and oxygen atoms in total. The highest BCUT2D eigenvalue weighted by molar-refractivity contribution is 7.79. The van der Waals surface area contributed by atoms with Crippen molar-refractivity contribution in [1.82, 2.24) is 9.97 Å². The second-order valence-corrected chi connectivity index (χ2v) is 10.0. The molecular formula is C23H23N4O4S2-. The Morgan fingerprint density at radius 2 is 1.88 bits per heavy atom. The van der Waals surface area contributed by atoms with Crippen molar-refractivity contribution in [3.63, 3.8) is 0 Å². The molecule has 3 aromatic rings. The summed E-state index contributed by atoms with van der Waals surface area (Å²) in [6.07, 6.45) is 8.32. The molecule has 2 amide bonds. The van der Waals surface area contributed by atoms with Crippen molar-refractivity contribution in [2.75, 3.05) is 10.6 Å². The van der Waals surface area contributed by atoms with E-state index in [-0.39, 0.29) is 16.8 Å². The molecule has 10 heteroatoms. The first-order valence-corrected chi connectivity index (χ1v) is 12.5. The fraction of sp³-hybridized carbons (Fsp3) is 0.304. The van der Waals surface area contributed by atoms with E-state index in [4.69, 9.17) is 0 Å². The number of aryl methyl sites for hydroxylation is 1. The number of rotatable bonds is 7. The summed E-state index contributed by atoms with van der Waals surface area (Å²) in [4.78, 5) is 34.2. The molecule has 0 aliphatic heterocycles. The molecule has 2 aromatic heterocycles. The highest BCUT2D eigenvalue weighted by Crippen LogP contribution is 2.33. The number of aromatic nitrogens is 2. The van der Waals surface area contributed by atoms with E-state index in [1.807, 2.05) is 13.0 Å². The van der Waals surface area contributed by atoms with Gasteiger partial charge in [0.25, 0.3) is 0 Å². The zero-order valence-electron chi connectivity index (χ0n) is 17.9. The number of urea groups is 1. The smallest absolute Gasteiger partial charge is 0.325 e. The van der Waals surface area contributed by atoms with Gasteiger partial charge >= 0.3 is 6.03 Å². The Balaban J connectivity index is 1.49. The molecule has 1 fully saturated rings. The number of anilines is 2. The van der Waals surface area contributed by atoms with Gasteiger partial charge in [0.2, 0.25) is 0 Å². The van der Waals surface area contributed by atoms with Crippen LogP contribution in [-0.2, 0) is 11.1 Å². The normalized spacial score (nSPS) is 15.7. The molecule has 172 valence electrons. The van der Waals surface area contributed by atoms with Crippen LogP contribution in [0.15, 0.2) is 48.9 Å². The maximum atomic E-state index is 13.0. The van der Waals surface area contributed by atoms with Gasteiger partial charge in [-0.1, -0.05) is 24.5 Å². The molecule has 2 unspecified atom stereocenters. The Bertz CT molecular complexity index is 1180. The van der Waals surface area contributed by atoms with Crippen molar-refractivity contribution in [2.24, 2.45) is 5.92 Å². The number of Topliss-reactive ketones (excluding diaryl/α,β-unsaturated/α-hetero) is 1. The average molecular weight is 484 g/mol. The first-order chi connectivity index (χ1) is 15.9. The van der Waals surface area contributed by atoms with Crippen molar-refractivity contribution in [3.8, 4) is 0 Å². The Hall–Kier alpha value is -2.95. The highest BCUT2D eigenvalue weighted by Gasteiger charge is 2.26. The minimum Gasteiger partial charge on any atom is -0.772 e. The number of hydrogen-bond donors (Lipinski definition) is 2. The molecule has 0 bridgehead atoms. The monoisotopic (exact) mass is 483 g/mol. The third-order valence-corrected chi connectivity index (χ3v) is 7.66. The molecular weight excluding hydrogens is 460 g/mol. The Morgan fingerprint density at radius 3 is 2.58 bits per heavy atom. The van der Waals surface area contributed by atoms with E-state index < -0.39 is 22.4 Å². The van der Waals surface area contributed by atoms with E-state index in [9.17, 15) is 18.4 Å². The van der Waals surface area contributed by atoms with Crippen molar-refractivity contribution in [3.05, 3.63) is 70.5 Å². The lowest BCUT2D eigenvalue weighted by molar-refractivity contribution is 0.0923. The van der Waals surface area contributed by atoms with Gasteiger partial charge in [0.05, 0.1) is 10.9 Å². The van der Waals surface area contributed by atoms with Crippen LogP contribution < -0.4 is 10.6 Å². The van der Waals surface area contributed by atoms with Gasteiger partial charge in [-0.25, -0.2) is 9.78 Å². The van der Waals surface area contributed by atoms with Crippen LogP contribution in [0.4, 0.5) is 15.6 Å². The number of carbonyl (C=O) groups excluding carboxylic acids is 2. The van der Waals surface area contributed by atoms with Gasteiger partial charge in [-0.15, -0.1) is 11.3 Å². The summed E-state index contributed by atoms with van der Waals surface area (Å²) in [5, 5.41) is 4.74. The van der Waals surface area contributed by atoms with Crippen LogP contribution in [0.1, 0.15) is 57.3 Å². The minimum atomic E-state index is -2.42. The molecule has 1 saturated carbocycles. The Morgan fingerprint density at radius 1 is 1.15 bits per heavy atom. The molecule has 2 heterocycles. The zero-order valence-corrected chi connectivity index (χ0v) is 19.6. The summed E-state index contributed by atoms with van der Waals surface area (Å²) < 4.78 is 23.7. The molecule has 2 atom stereocenters. The molecule has 1 aliphatic rings. The summed E-state index contributed by atoms with van der Waals surface area (Å²) >= 11 is -1.35. The molecule has 1 aromatic carbocycles. The van der Waals surface area contributed by atoms with Gasteiger partial charge in [-0.3, -0.25) is 19.3 Å². The molecule has 0 radical (unpaired) electrons. The lowest BCUT2D eigenvalue weighted by atomic mass is 9.94. The van der Waals surface area contributed by atoms with Crippen molar-refractivity contribution >= 4 is 45.1 Å². The van der Waals surface area contributed by atoms with E-state index in [0.717, 1.165) is 42.6 Å². The van der Waals surface area contributed by atoms with Gasteiger partial charge < -0.3 is 9.87 Å². The number of pyridine rings is 1. The number of nitrogens with zero attached hydrogens (tertiary/aromatic N) is 2. The first-order valence-electron chi connectivity index (χ1n) is 10.6. The van der Waals surface area contributed by atoms with E-state index >= 15 is 0 Å². The van der Waals surface area contributed by atoms with E-state index in [2.05, 4.69) is 20.6 Å². The van der Waals surface area contributed by atoms with E-state index in [1.165, 1.54) is 18.6 Å². The molecule has 2 N–H and O–H groups in total. The van der Waals surface area contributed by atoms with Crippen LogP contribution in [0, 0.1) is 12.8 Å². The van der Waals surface area contributed by atoms with Gasteiger partial charge in [0.1, 0.15) is 0 Å². The quantitative estimate of drug-likeness (QED) is 0.366. The predicted molar refractivity (Wildman–Crippen MR) is 127 cm³/mol. The number of ketones is 1. The summed E-state index contributed by atoms with van der Waals surface area (Å²) in [6.45, 7) is 1.91. The lowest BCUT2D eigenvalue weighted by Crippen LogP contribution is -2.22. The SMILES string of the molecule is Cc1ccc(NC(=O)Nc2ncc(C(c3ccncc3)S(=O)[O-])s2)c(C(=O)C2CCCC2)c1. The highest BCUT2D eigenvalue weighted by atomic mass is 32.2. The Labute approximate surface area is 198 Å². The fourth-order valence-electron chi connectivity index (χ4n) is 4.00. The number of nitrogens with one attached hydrogen (secondary N) is 2. The van der Waals surface area contributed by atoms with Crippen molar-refractivity contribution in [2.45, 2.75) is 37.9 Å². The lowest BCUT2D eigenvalue weighted by Gasteiger charge is -2.18. The second kappa shape index (κ2) is 10.3. The van der Waals surface area contributed by atoms with Gasteiger partial charge in [0, 0.05) is 34.9 Å². The van der Waals surface area contributed by atoms with Gasteiger partial charge in [-0.2, -0.15) is 0 Å². The fourth-order valence-corrected chi connectivity index (χ4v) is 5.83. The van der Waals surface area contributed by atoms with Crippen LogP contribution >= 0.6 is 11.3 Å². The van der Waals surface area contributed by atoms with Crippen molar-refractivity contribution in [1.29, 1.82) is 0 Å². The number of hydrogen-bond acceptors (Lipinski definition) is 7. The third kappa shape index (κ3) is 5.52. The number of thiazole rings is 1. The number of benzene rings is 1. The zero-order chi connectivity index (χ0) is 23.4. The average Bonchev–Trinajstić information content (AvgIpc) is 3.48. The Kier molecular flexibility index (Phi) is 7.26. The number of amides is 2. The summed E-state index contributed by atoms with van der Waals surface area (Å²) in [5.74, 6) is 0.0520. The molecule has 4 rings (SSSR count). The largest absolute Gasteiger partial charge is 0.772 e. The summed E-state index contributed by atoms with van der Waals surface area (Å²) in [5.41, 5.74) is 2.46. The topological polar surface area (TPSA) is 124 Å².